The first-order valence-corrected chi connectivity index (χ1v) is 6.31. The lowest BCUT2D eigenvalue weighted by Crippen LogP contribution is -2.39. The molecule has 98 valence electrons. The summed E-state index contributed by atoms with van der Waals surface area (Å²) in [4.78, 5) is 17.9. The Morgan fingerprint density at radius 2 is 2.17 bits per heavy atom. The number of pyridine rings is 1. The van der Waals surface area contributed by atoms with Crippen LogP contribution in [0.5, 0.6) is 0 Å². The molecule has 3 N–H and O–H groups in total. The summed E-state index contributed by atoms with van der Waals surface area (Å²) in [6.45, 7) is 1.42. The number of nitrogens with zero attached hydrogens (tertiary/aromatic N) is 2. The van der Waals surface area contributed by atoms with Crippen molar-refractivity contribution in [2.45, 2.75) is 12.8 Å². The highest BCUT2D eigenvalue weighted by Crippen LogP contribution is 2.21. The zero-order valence-electron chi connectivity index (χ0n) is 9.97. The molecule has 1 amide bonds. The zero-order valence-corrected chi connectivity index (χ0v) is 10.7. The van der Waals surface area contributed by atoms with Gasteiger partial charge in [-0.05, 0) is 30.9 Å². The van der Waals surface area contributed by atoms with Crippen LogP contribution in [0.3, 0.4) is 0 Å². The Hall–Kier alpha value is -1.33. The van der Waals surface area contributed by atoms with E-state index in [1.165, 1.54) is 0 Å². The number of anilines is 1. The third-order valence-electron chi connectivity index (χ3n) is 3.23. The molecule has 1 saturated heterocycles. The van der Waals surface area contributed by atoms with Crippen LogP contribution in [0.2, 0.25) is 5.02 Å². The van der Waals surface area contributed by atoms with Crippen molar-refractivity contribution in [3.8, 4) is 0 Å². The first-order valence-electron chi connectivity index (χ1n) is 5.94. The molecule has 1 aliphatic rings. The van der Waals surface area contributed by atoms with Crippen molar-refractivity contribution < 1.29 is 9.90 Å². The maximum atomic E-state index is 12.2. The second kappa shape index (κ2) is 5.54. The number of amides is 1. The van der Waals surface area contributed by atoms with Gasteiger partial charge in [0.15, 0.2) is 0 Å². The first-order chi connectivity index (χ1) is 8.61. The first kappa shape index (κ1) is 13.1. The van der Waals surface area contributed by atoms with Crippen LogP contribution in [0, 0.1) is 5.92 Å². The van der Waals surface area contributed by atoms with Gasteiger partial charge in [-0.3, -0.25) is 4.79 Å². The number of hydrogen-bond donors (Lipinski definition) is 2. The van der Waals surface area contributed by atoms with E-state index in [0.29, 0.717) is 24.0 Å². The summed E-state index contributed by atoms with van der Waals surface area (Å²) in [5, 5.41) is 9.38. The van der Waals surface area contributed by atoms with E-state index in [2.05, 4.69) is 4.98 Å². The molecule has 2 rings (SSSR count). The van der Waals surface area contributed by atoms with Crippen molar-refractivity contribution in [3.05, 3.63) is 22.8 Å². The van der Waals surface area contributed by atoms with Gasteiger partial charge in [-0.25, -0.2) is 4.98 Å². The molecule has 0 atom stereocenters. The largest absolute Gasteiger partial charge is 0.396 e. The SMILES string of the molecule is Nc1ccc(Cl)c(C(=O)N2CCC(CO)CC2)n1. The number of halogens is 1. The van der Waals surface area contributed by atoms with E-state index >= 15 is 0 Å². The van der Waals surface area contributed by atoms with E-state index in [1.807, 2.05) is 0 Å². The smallest absolute Gasteiger partial charge is 0.274 e. The van der Waals surface area contributed by atoms with Gasteiger partial charge in [0, 0.05) is 19.7 Å². The number of hydrogen-bond acceptors (Lipinski definition) is 4. The van der Waals surface area contributed by atoms with E-state index in [1.54, 1.807) is 17.0 Å². The molecule has 0 spiro atoms. The van der Waals surface area contributed by atoms with Gasteiger partial charge < -0.3 is 15.7 Å². The van der Waals surface area contributed by atoms with Gasteiger partial charge >= 0.3 is 0 Å². The topological polar surface area (TPSA) is 79.5 Å². The zero-order chi connectivity index (χ0) is 13.1. The monoisotopic (exact) mass is 269 g/mol. The number of piperidine rings is 1. The van der Waals surface area contributed by atoms with E-state index in [4.69, 9.17) is 22.4 Å². The Kier molecular flexibility index (Phi) is 4.04. The number of rotatable bonds is 2. The van der Waals surface area contributed by atoms with E-state index < -0.39 is 0 Å². The van der Waals surface area contributed by atoms with Gasteiger partial charge in [-0.2, -0.15) is 0 Å². The molecule has 0 aliphatic carbocycles. The average molecular weight is 270 g/mol. The molecule has 0 unspecified atom stereocenters. The number of aliphatic hydroxyl groups excluding tert-OH is 1. The highest BCUT2D eigenvalue weighted by atomic mass is 35.5. The lowest BCUT2D eigenvalue weighted by atomic mass is 9.98. The number of aromatic nitrogens is 1. The third-order valence-corrected chi connectivity index (χ3v) is 3.54. The number of nitrogens with two attached hydrogens (primary N) is 1. The average Bonchev–Trinajstić information content (AvgIpc) is 2.41. The standard InChI is InChI=1S/C12H16ClN3O2/c13-9-1-2-10(14)15-11(9)12(18)16-5-3-8(7-17)4-6-16/h1-2,8,17H,3-7H2,(H2,14,15). The highest BCUT2D eigenvalue weighted by Gasteiger charge is 2.25. The van der Waals surface area contributed by atoms with Gasteiger partial charge in [0.1, 0.15) is 11.5 Å². The Labute approximate surface area is 111 Å². The minimum Gasteiger partial charge on any atom is -0.396 e. The van der Waals surface area contributed by atoms with E-state index in [0.717, 1.165) is 12.8 Å². The summed E-state index contributed by atoms with van der Waals surface area (Å²) < 4.78 is 0. The number of carbonyl (C=O) groups excluding carboxylic acids is 1. The van der Waals surface area contributed by atoms with Crippen molar-refractivity contribution in [1.29, 1.82) is 0 Å². The van der Waals surface area contributed by atoms with Crippen LogP contribution in [-0.4, -0.2) is 40.6 Å². The van der Waals surface area contributed by atoms with Gasteiger partial charge in [0.25, 0.3) is 5.91 Å². The van der Waals surface area contributed by atoms with Gasteiger partial charge in [-0.1, -0.05) is 11.6 Å². The predicted molar refractivity (Wildman–Crippen MR) is 69.4 cm³/mol. The summed E-state index contributed by atoms with van der Waals surface area (Å²) in [5.74, 6) is 0.384. The highest BCUT2D eigenvalue weighted by molar-refractivity contribution is 6.33. The normalized spacial score (nSPS) is 16.9. The number of aliphatic hydroxyl groups is 1. The maximum absolute atomic E-state index is 12.2. The Bertz CT molecular complexity index is 445. The summed E-state index contributed by atoms with van der Waals surface area (Å²) >= 11 is 5.96. The minimum absolute atomic E-state index is 0.180. The van der Waals surface area contributed by atoms with Gasteiger partial charge in [-0.15, -0.1) is 0 Å². The molecule has 1 aromatic rings. The van der Waals surface area contributed by atoms with Crippen molar-refractivity contribution >= 4 is 23.3 Å². The fourth-order valence-electron chi connectivity index (χ4n) is 2.08. The third kappa shape index (κ3) is 2.73. The second-order valence-electron chi connectivity index (χ2n) is 4.48. The van der Waals surface area contributed by atoms with Crippen LogP contribution < -0.4 is 5.73 Å². The summed E-state index contributed by atoms with van der Waals surface area (Å²) in [5.41, 5.74) is 5.77. The molecule has 2 heterocycles. The molecular formula is C12H16ClN3O2. The molecular weight excluding hydrogens is 254 g/mol. The molecule has 0 aromatic carbocycles. The van der Waals surface area contributed by atoms with Crippen LogP contribution in [0.25, 0.3) is 0 Å². The number of carbonyl (C=O) groups is 1. The number of likely N-dealkylation sites (tertiary alicyclic amines) is 1. The lowest BCUT2D eigenvalue weighted by Gasteiger charge is -2.31. The minimum atomic E-state index is -0.191. The summed E-state index contributed by atoms with van der Waals surface area (Å²) in [6.07, 6.45) is 1.62. The molecule has 1 fully saturated rings. The quantitative estimate of drug-likeness (QED) is 0.844. The van der Waals surface area contributed by atoms with Crippen LogP contribution in [0.15, 0.2) is 12.1 Å². The maximum Gasteiger partial charge on any atom is 0.274 e. The molecule has 1 aromatic heterocycles. The molecule has 1 aliphatic heterocycles. The number of nitrogen functional groups attached to an aromatic ring is 1. The predicted octanol–water partition coefficient (Wildman–Crippen LogP) is 1.16. The van der Waals surface area contributed by atoms with E-state index in [-0.39, 0.29) is 24.0 Å². The van der Waals surface area contributed by atoms with Gasteiger partial charge in [0.2, 0.25) is 0 Å². The Balaban J connectivity index is 2.10. The van der Waals surface area contributed by atoms with Crippen LogP contribution in [0.4, 0.5) is 5.82 Å². The Morgan fingerprint density at radius 3 is 2.78 bits per heavy atom. The van der Waals surface area contributed by atoms with E-state index in [9.17, 15) is 4.79 Å². The van der Waals surface area contributed by atoms with Crippen molar-refractivity contribution in [1.82, 2.24) is 9.88 Å². The second-order valence-corrected chi connectivity index (χ2v) is 4.89. The van der Waals surface area contributed by atoms with Crippen molar-refractivity contribution in [2.75, 3.05) is 25.4 Å². The van der Waals surface area contributed by atoms with Crippen LogP contribution in [-0.2, 0) is 0 Å². The van der Waals surface area contributed by atoms with Gasteiger partial charge in [0.05, 0.1) is 5.02 Å². The molecule has 5 nitrogen and oxygen atoms in total. The van der Waals surface area contributed by atoms with Crippen molar-refractivity contribution in [3.63, 3.8) is 0 Å². The fourth-order valence-corrected chi connectivity index (χ4v) is 2.26. The lowest BCUT2D eigenvalue weighted by molar-refractivity contribution is 0.0645. The Morgan fingerprint density at radius 1 is 1.50 bits per heavy atom. The summed E-state index contributed by atoms with van der Waals surface area (Å²) in [7, 11) is 0. The summed E-state index contributed by atoms with van der Waals surface area (Å²) in [6, 6.07) is 3.15. The van der Waals surface area contributed by atoms with Crippen LogP contribution >= 0.6 is 11.6 Å². The molecule has 0 saturated carbocycles. The van der Waals surface area contributed by atoms with Crippen LogP contribution in [0.1, 0.15) is 23.3 Å². The van der Waals surface area contributed by atoms with Crippen molar-refractivity contribution in [2.24, 2.45) is 5.92 Å². The fraction of sp³-hybridized carbons (Fsp3) is 0.500. The molecule has 6 heteroatoms. The molecule has 0 radical (unpaired) electrons. The molecule has 0 bridgehead atoms. The molecule has 18 heavy (non-hydrogen) atoms.